The Balaban J connectivity index is 0.00000484. The molecule has 0 unspecified atom stereocenters. The van der Waals surface area contributed by atoms with Gasteiger partial charge >= 0.3 is 0 Å². The highest BCUT2D eigenvalue weighted by Crippen LogP contribution is 2.19. The minimum absolute atomic E-state index is 0. The van der Waals surface area contributed by atoms with Gasteiger partial charge in [-0.2, -0.15) is 0 Å². The van der Waals surface area contributed by atoms with E-state index >= 15 is 0 Å². The smallest absolute Gasteiger partial charge is 0.224 e. The average molecular weight is 440 g/mol. The zero-order valence-corrected chi connectivity index (χ0v) is 17.3. The Bertz CT molecular complexity index is 382. The van der Waals surface area contributed by atoms with Gasteiger partial charge in [-0.3, -0.25) is 9.79 Å². The minimum atomic E-state index is -0.623. The molecule has 0 aromatic carbocycles. The van der Waals surface area contributed by atoms with Crippen molar-refractivity contribution in [3.8, 4) is 0 Å². The zero-order chi connectivity index (χ0) is 16.6. The second-order valence-corrected chi connectivity index (χ2v) is 6.68. The van der Waals surface area contributed by atoms with Gasteiger partial charge in [-0.25, -0.2) is 0 Å². The number of hydrogen-bond donors (Lipinski definition) is 2. The summed E-state index contributed by atoms with van der Waals surface area (Å²) < 4.78 is 5.40. The van der Waals surface area contributed by atoms with Gasteiger partial charge in [0.2, 0.25) is 5.91 Å². The van der Waals surface area contributed by atoms with E-state index in [1.54, 1.807) is 0 Å². The van der Waals surface area contributed by atoms with Gasteiger partial charge in [-0.05, 0) is 46.0 Å². The highest BCUT2D eigenvalue weighted by atomic mass is 127. The van der Waals surface area contributed by atoms with E-state index in [1.807, 2.05) is 27.8 Å². The van der Waals surface area contributed by atoms with Crippen molar-refractivity contribution in [3.63, 3.8) is 0 Å². The fourth-order valence-electron chi connectivity index (χ4n) is 2.34. The van der Waals surface area contributed by atoms with Gasteiger partial charge in [-0.15, -0.1) is 24.0 Å². The molecule has 0 aliphatic carbocycles. The third-order valence-corrected chi connectivity index (χ3v) is 4.20. The van der Waals surface area contributed by atoms with Crippen molar-refractivity contribution in [2.45, 2.75) is 40.0 Å². The van der Waals surface area contributed by atoms with Gasteiger partial charge < -0.3 is 20.7 Å². The highest BCUT2D eigenvalue weighted by molar-refractivity contribution is 14.0. The average Bonchev–Trinajstić information content (AvgIpc) is 2.50. The molecule has 0 saturated carbocycles. The van der Waals surface area contributed by atoms with Crippen LogP contribution in [0.15, 0.2) is 4.99 Å². The molecule has 0 aromatic rings. The lowest BCUT2D eigenvalue weighted by Crippen LogP contribution is -2.42. The Hall–Kier alpha value is -0.570. The van der Waals surface area contributed by atoms with E-state index in [1.165, 1.54) is 0 Å². The monoisotopic (exact) mass is 440 g/mol. The first-order chi connectivity index (χ1) is 10.4. The van der Waals surface area contributed by atoms with Crippen LogP contribution in [0.4, 0.5) is 0 Å². The molecule has 0 aromatic heterocycles. The standard InChI is InChI=1S/C16H32N4O2.HI/c1-5-18-15(19-12-16(2,3)14(17)21)20(4)9-6-13-7-10-22-11-8-13;/h13H,5-12H2,1-4H3,(H2,17,21)(H,18,19);1H. The number of primary amides is 1. The van der Waals surface area contributed by atoms with E-state index in [9.17, 15) is 4.79 Å². The number of carbonyl (C=O) groups excluding carboxylic acids is 1. The van der Waals surface area contributed by atoms with E-state index in [-0.39, 0.29) is 29.9 Å². The van der Waals surface area contributed by atoms with E-state index in [2.05, 4.69) is 15.2 Å². The number of hydrogen-bond acceptors (Lipinski definition) is 3. The summed E-state index contributed by atoms with van der Waals surface area (Å²) in [5.41, 5.74) is 4.79. The van der Waals surface area contributed by atoms with Crippen LogP contribution < -0.4 is 11.1 Å². The lowest BCUT2D eigenvalue weighted by molar-refractivity contribution is -0.125. The van der Waals surface area contributed by atoms with E-state index in [0.29, 0.717) is 6.54 Å². The van der Waals surface area contributed by atoms with Gasteiger partial charge in [-0.1, -0.05) is 0 Å². The Labute approximate surface area is 157 Å². The number of nitrogens with zero attached hydrogens (tertiary/aromatic N) is 2. The SMILES string of the molecule is CCNC(=NCC(C)(C)C(N)=O)N(C)CCC1CCOCC1.I. The maximum atomic E-state index is 11.4. The molecule has 1 saturated heterocycles. The van der Waals surface area contributed by atoms with Crippen molar-refractivity contribution < 1.29 is 9.53 Å². The topological polar surface area (TPSA) is 79.9 Å². The number of halogens is 1. The Morgan fingerprint density at radius 2 is 2.00 bits per heavy atom. The van der Waals surface area contributed by atoms with Gasteiger partial charge in [0, 0.05) is 33.4 Å². The number of guanidine groups is 1. The number of rotatable bonds is 7. The first-order valence-electron chi connectivity index (χ1n) is 8.24. The van der Waals surface area contributed by atoms with Gasteiger partial charge in [0.15, 0.2) is 5.96 Å². The molecule has 1 aliphatic rings. The van der Waals surface area contributed by atoms with Crippen LogP contribution in [0.25, 0.3) is 0 Å². The van der Waals surface area contributed by atoms with Crippen molar-refractivity contribution in [2.75, 3.05) is 39.9 Å². The van der Waals surface area contributed by atoms with Gasteiger partial charge in [0.1, 0.15) is 0 Å². The molecule has 0 bridgehead atoms. The molecule has 1 fully saturated rings. The number of amides is 1. The molecule has 6 nitrogen and oxygen atoms in total. The maximum Gasteiger partial charge on any atom is 0.224 e. The predicted molar refractivity (Wildman–Crippen MR) is 105 cm³/mol. The first kappa shape index (κ1) is 22.4. The van der Waals surface area contributed by atoms with Crippen LogP contribution in [-0.4, -0.2) is 56.7 Å². The van der Waals surface area contributed by atoms with E-state index in [4.69, 9.17) is 10.5 Å². The molecular formula is C16H33IN4O2. The number of ether oxygens (including phenoxy) is 1. The van der Waals surface area contributed by atoms with Crippen LogP contribution in [0.5, 0.6) is 0 Å². The fourth-order valence-corrected chi connectivity index (χ4v) is 2.34. The molecule has 0 radical (unpaired) electrons. The van der Waals surface area contributed by atoms with Crippen molar-refractivity contribution >= 4 is 35.8 Å². The van der Waals surface area contributed by atoms with Crippen molar-refractivity contribution in [3.05, 3.63) is 0 Å². The minimum Gasteiger partial charge on any atom is -0.381 e. The summed E-state index contributed by atoms with van der Waals surface area (Å²) in [6.07, 6.45) is 3.44. The number of nitrogens with one attached hydrogen (secondary N) is 1. The molecule has 3 N–H and O–H groups in total. The molecule has 1 amide bonds. The predicted octanol–water partition coefficient (Wildman–Crippen LogP) is 1.83. The second kappa shape index (κ2) is 11.1. The van der Waals surface area contributed by atoms with E-state index in [0.717, 1.165) is 57.4 Å². The van der Waals surface area contributed by atoms with Crippen LogP contribution in [0.2, 0.25) is 0 Å². The van der Waals surface area contributed by atoms with E-state index < -0.39 is 5.41 Å². The van der Waals surface area contributed by atoms with Crippen molar-refractivity contribution in [1.82, 2.24) is 10.2 Å². The summed E-state index contributed by atoms with van der Waals surface area (Å²) >= 11 is 0. The van der Waals surface area contributed by atoms with Crippen molar-refractivity contribution in [2.24, 2.45) is 22.1 Å². The molecule has 0 spiro atoms. The quantitative estimate of drug-likeness (QED) is 0.360. The van der Waals surface area contributed by atoms with Gasteiger partial charge in [0.05, 0.1) is 12.0 Å². The molecule has 0 atom stereocenters. The number of aliphatic imine (C=N–C) groups is 1. The van der Waals surface area contributed by atoms with Crippen molar-refractivity contribution in [1.29, 1.82) is 0 Å². The molecular weight excluding hydrogens is 407 g/mol. The summed E-state index contributed by atoms with van der Waals surface area (Å²) in [5, 5.41) is 3.28. The Kier molecular flexibility index (Phi) is 10.8. The summed E-state index contributed by atoms with van der Waals surface area (Å²) in [6.45, 7) is 9.61. The van der Waals surface area contributed by atoms with Crippen LogP contribution in [0.3, 0.4) is 0 Å². The van der Waals surface area contributed by atoms with Gasteiger partial charge in [0.25, 0.3) is 0 Å². The summed E-state index contributed by atoms with van der Waals surface area (Å²) in [4.78, 5) is 18.1. The maximum absolute atomic E-state index is 11.4. The number of nitrogens with two attached hydrogens (primary N) is 1. The lowest BCUT2D eigenvalue weighted by atomic mass is 9.93. The normalized spacial score (nSPS) is 16.6. The third kappa shape index (κ3) is 8.19. The first-order valence-corrected chi connectivity index (χ1v) is 8.24. The van der Waals surface area contributed by atoms with Crippen LogP contribution in [0.1, 0.15) is 40.0 Å². The summed E-state index contributed by atoms with van der Waals surface area (Å²) in [7, 11) is 2.04. The number of carbonyl (C=O) groups is 1. The largest absolute Gasteiger partial charge is 0.381 e. The molecule has 1 rings (SSSR count). The Morgan fingerprint density at radius 1 is 1.39 bits per heavy atom. The fraction of sp³-hybridized carbons (Fsp3) is 0.875. The molecule has 7 heteroatoms. The zero-order valence-electron chi connectivity index (χ0n) is 14.9. The third-order valence-electron chi connectivity index (χ3n) is 4.20. The molecule has 23 heavy (non-hydrogen) atoms. The second-order valence-electron chi connectivity index (χ2n) is 6.68. The molecule has 1 heterocycles. The lowest BCUT2D eigenvalue weighted by Gasteiger charge is -2.27. The summed E-state index contributed by atoms with van der Waals surface area (Å²) in [5.74, 6) is 1.25. The van der Waals surface area contributed by atoms with Crippen LogP contribution >= 0.6 is 24.0 Å². The van der Waals surface area contributed by atoms with Crippen LogP contribution in [-0.2, 0) is 9.53 Å². The summed E-state index contributed by atoms with van der Waals surface area (Å²) in [6, 6.07) is 0. The Morgan fingerprint density at radius 3 is 2.52 bits per heavy atom. The van der Waals surface area contributed by atoms with Crippen LogP contribution in [0, 0.1) is 11.3 Å². The molecule has 1 aliphatic heterocycles. The highest BCUT2D eigenvalue weighted by Gasteiger charge is 2.25. The molecule has 136 valence electrons.